The SMILES string of the molecule is CCCSc1ncc(C[C@H](N=C(c2ccccc2)c2ccccc2)C(=O)OCC)n1CCc1ccccc1Cl. The Labute approximate surface area is 240 Å². The number of ether oxygens (including phenoxy) is 1. The summed E-state index contributed by atoms with van der Waals surface area (Å²) in [5.74, 6) is 0.622. The number of thioether (sulfide) groups is 1. The van der Waals surface area contributed by atoms with Crippen molar-refractivity contribution >= 4 is 35.0 Å². The van der Waals surface area contributed by atoms with Crippen LogP contribution in [0.4, 0.5) is 0 Å². The number of esters is 1. The number of imidazole rings is 1. The summed E-state index contributed by atoms with van der Waals surface area (Å²) in [7, 11) is 0. The van der Waals surface area contributed by atoms with Crippen LogP contribution < -0.4 is 0 Å². The van der Waals surface area contributed by atoms with Crippen LogP contribution in [0.15, 0.2) is 101 Å². The Balaban J connectivity index is 1.71. The predicted molar refractivity (Wildman–Crippen MR) is 161 cm³/mol. The Morgan fingerprint density at radius 1 is 0.974 bits per heavy atom. The van der Waals surface area contributed by atoms with Gasteiger partial charge in [-0.25, -0.2) is 9.78 Å². The molecule has 0 spiro atoms. The Hall–Kier alpha value is -3.35. The number of hydrogen-bond donors (Lipinski definition) is 0. The molecule has 1 atom stereocenters. The van der Waals surface area contributed by atoms with E-state index in [0.717, 1.165) is 56.9 Å². The molecule has 0 aliphatic rings. The fraction of sp³-hybridized carbons (Fsp3) is 0.281. The average molecular weight is 560 g/mol. The molecule has 0 bridgehead atoms. The van der Waals surface area contributed by atoms with Gasteiger partial charge in [-0.15, -0.1) is 0 Å². The second-order valence-electron chi connectivity index (χ2n) is 9.06. The lowest BCUT2D eigenvalue weighted by Gasteiger charge is -2.17. The van der Waals surface area contributed by atoms with Gasteiger partial charge in [0.2, 0.25) is 0 Å². The molecule has 0 saturated carbocycles. The van der Waals surface area contributed by atoms with Gasteiger partial charge in [-0.3, -0.25) is 4.99 Å². The van der Waals surface area contributed by atoms with Crippen molar-refractivity contribution < 1.29 is 9.53 Å². The molecule has 1 aromatic heterocycles. The Morgan fingerprint density at radius 2 is 1.62 bits per heavy atom. The minimum absolute atomic E-state index is 0.292. The summed E-state index contributed by atoms with van der Waals surface area (Å²) in [5, 5.41) is 1.70. The van der Waals surface area contributed by atoms with Crippen molar-refractivity contribution in [2.45, 2.75) is 50.9 Å². The van der Waals surface area contributed by atoms with E-state index in [0.29, 0.717) is 19.6 Å². The van der Waals surface area contributed by atoms with E-state index in [-0.39, 0.29) is 5.97 Å². The molecular weight excluding hydrogens is 526 g/mol. The van der Waals surface area contributed by atoms with Gasteiger partial charge in [0.15, 0.2) is 11.2 Å². The Morgan fingerprint density at radius 3 is 2.23 bits per heavy atom. The highest BCUT2D eigenvalue weighted by Crippen LogP contribution is 2.24. The van der Waals surface area contributed by atoms with E-state index in [1.54, 1.807) is 11.8 Å². The van der Waals surface area contributed by atoms with E-state index in [4.69, 9.17) is 26.3 Å². The molecular formula is C32H34ClN3O2S. The van der Waals surface area contributed by atoms with E-state index in [1.165, 1.54) is 0 Å². The molecule has 202 valence electrons. The summed E-state index contributed by atoms with van der Waals surface area (Å²) in [4.78, 5) is 23.1. The molecule has 0 unspecified atom stereocenters. The number of aryl methyl sites for hydroxylation is 1. The maximum absolute atomic E-state index is 13.3. The summed E-state index contributed by atoms with van der Waals surface area (Å²) < 4.78 is 7.71. The normalized spacial score (nSPS) is 11.7. The van der Waals surface area contributed by atoms with Crippen molar-refractivity contribution in [1.29, 1.82) is 0 Å². The number of rotatable bonds is 13. The third kappa shape index (κ3) is 7.84. The average Bonchev–Trinajstić information content (AvgIpc) is 3.35. The van der Waals surface area contributed by atoms with Crippen LogP contribution in [0.1, 0.15) is 42.7 Å². The van der Waals surface area contributed by atoms with Crippen LogP contribution >= 0.6 is 23.4 Å². The van der Waals surface area contributed by atoms with Crippen molar-refractivity contribution in [2.75, 3.05) is 12.4 Å². The summed E-state index contributed by atoms with van der Waals surface area (Å²) in [5.41, 5.74) is 4.69. The molecule has 0 radical (unpaired) electrons. The lowest BCUT2D eigenvalue weighted by molar-refractivity contribution is -0.144. The van der Waals surface area contributed by atoms with Crippen molar-refractivity contribution in [3.8, 4) is 0 Å². The molecule has 0 amide bonds. The molecule has 0 aliphatic carbocycles. The van der Waals surface area contributed by atoms with Crippen molar-refractivity contribution in [3.05, 3.63) is 119 Å². The summed E-state index contributed by atoms with van der Waals surface area (Å²) in [6, 6.07) is 27.1. The van der Waals surface area contributed by atoms with Gasteiger partial charge in [-0.2, -0.15) is 0 Å². The van der Waals surface area contributed by atoms with E-state index in [9.17, 15) is 4.79 Å². The zero-order valence-corrected chi connectivity index (χ0v) is 24.0. The summed E-state index contributed by atoms with van der Waals surface area (Å²) in [6.07, 6.45) is 4.06. The van der Waals surface area contributed by atoms with Crippen LogP contribution in [-0.4, -0.2) is 39.6 Å². The molecule has 7 heteroatoms. The largest absolute Gasteiger partial charge is 0.464 e. The zero-order chi connectivity index (χ0) is 27.5. The zero-order valence-electron chi connectivity index (χ0n) is 22.4. The second kappa shape index (κ2) is 14.7. The van der Waals surface area contributed by atoms with E-state index in [1.807, 2.05) is 92.0 Å². The monoisotopic (exact) mass is 559 g/mol. The third-order valence-electron chi connectivity index (χ3n) is 6.24. The lowest BCUT2D eigenvalue weighted by Crippen LogP contribution is -2.27. The summed E-state index contributed by atoms with van der Waals surface area (Å²) >= 11 is 8.18. The number of carbonyl (C=O) groups excluding carboxylic acids is 1. The molecule has 1 heterocycles. The van der Waals surface area contributed by atoms with Gasteiger partial charge >= 0.3 is 5.97 Å². The number of carbonyl (C=O) groups is 1. The van der Waals surface area contributed by atoms with Crippen LogP contribution in [0, 0.1) is 0 Å². The Bertz CT molecular complexity index is 1330. The summed E-state index contributed by atoms with van der Waals surface area (Å²) in [6.45, 7) is 4.97. The smallest absolute Gasteiger partial charge is 0.331 e. The second-order valence-corrected chi connectivity index (χ2v) is 10.5. The van der Waals surface area contributed by atoms with Crippen LogP contribution in [0.25, 0.3) is 0 Å². The minimum atomic E-state index is -0.722. The fourth-order valence-corrected chi connectivity index (χ4v) is 5.43. The highest BCUT2D eigenvalue weighted by molar-refractivity contribution is 7.99. The standard InChI is InChI=1S/C32H34ClN3O2S/c1-3-21-39-32-34-23-27(36(32)20-19-24-13-11-12-18-28(24)33)22-29(31(37)38-4-2)35-30(25-14-7-5-8-15-25)26-16-9-6-10-17-26/h5-18,23,29H,3-4,19-22H2,1-2H3/t29-/m0/s1. The molecule has 4 rings (SSSR count). The molecule has 0 aliphatic heterocycles. The van der Waals surface area contributed by atoms with Crippen LogP contribution in [-0.2, 0) is 28.9 Å². The van der Waals surface area contributed by atoms with Crippen LogP contribution in [0.5, 0.6) is 0 Å². The minimum Gasteiger partial charge on any atom is -0.464 e. The van der Waals surface area contributed by atoms with Crippen LogP contribution in [0.3, 0.4) is 0 Å². The first kappa shape index (κ1) is 28.7. The van der Waals surface area contributed by atoms with Gasteiger partial charge in [-0.05, 0) is 31.4 Å². The van der Waals surface area contributed by atoms with Crippen molar-refractivity contribution in [2.24, 2.45) is 4.99 Å². The molecule has 39 heavy (non-hydrogen) atoms. The maximum atomic E-state index is 13.3. The van der Waals surface area contributed by atoms with E-state index >= 15 is 0 Å². The van der Waals surface area contributed by atoms with E-state index in [2.05, 4.69) is 17.6 Å². The van der Waals surface area contributed by atoms with Crippen molar-refractivity contribution in [3.63, 3.8) is 0 Å². The van der Waals surface area contributed by atoms with Gasteiger partial charge < -0.3 is 9.30 Å². The highest BCUT2D eigenvalue weighted by Gasteiger charge is 2.24. The molecule has 0 fully saturated rings. The number of hydrogen-bond acceptors (Lipinski definition) is 5. The molecule has 3 aromatic carbocycles. The quantitative estimate of drug-likeness (QED) is 0.0980. The first-order valence-corrected chi connectivity index (χ1v) is 14.7. The predicted octanol–water partition coefficient (Wildman–Crippen LogP) is 7.29. The number of halogens is 1. The maximum Gasteiger partial charge on any atom is 0.331 e. The van der Waals surface area contributed by atoms with Gasteiger partial charge in [0.1, 0.15) is 0 Å². The highest BCUT2D eigenvalue weighted by atomic mass is 35.5. The van der Waals surface area contributed by atoms with Gasteiger partial charge in [0.25, 0.3) is 0 Å². The van der Waals surface area contributed by atoms with E-state index < -0.39 is 6.04 Å². The number of aromatic nitrogens is 2. The number of aliphatic imine (C=N–C) groups is 1. The van der Waals surface area contributed by atoms with Crippen LogP contribution in [0.2, 0.25) is 5.02 Å². The molecule has 5 nitrogen and oxygen atoms in total. The molecule has 0 saturated heterocycles. The fourth-order valence-electron chi connectivity index (χ4n) is 4.32. The lowest BCUT2D eigenvalue weighted by atomic mass is 10.0. The number of benzene rings is 3. The number of nitrogens with zero attached hydrogens (tertiary/aromatic N) is 3. The first-order valence-electron chi connectivity index (χ1n) is 13.4. The Kier molecular flexibility index (Phi) is 10.8. The van der Waals surface area contributed by atoms with Gasteiger partial charge in [0, 0.05) is 46.8 Å². The van der Waals surface area contributed by atoms with Crippen molar-refractivity contribution in [1.82, 2.24) is 9.55 Å². The third-order valence-corrected chi connectivity index (χ3v) is 7.81. The topological polar surface area (TPSA) is 56.5 Å². The molecule has 4 aromatic rings. The first-order chi connectivity index (χ1) is 19.1. The molecule has 0 N–H and O–H groups in total. The van der Waals surface area contributed by atoms with Gasteiger partial charge in [0.05, 0.1) is 12.3 Å². The van der Waals surface area contributed by atoms with Gasteiger partial charge in [-0.1, -0.05) is 109 Å².